The highest BCUT2D eigenvalue weighted by Gasteiger charge is 2.09. The van der Waals surface area contributed by atoms with Gasteiger partial charge in [0.05, 0.1) is 17.7 Å². The van der Waals surface area contributed by atoms with Gasteiger partial charge in [-0.25, -0.2) is 0 Å². The normalized spacial score (nSPS) is 15.8. The summed E-state index contributed by atoms with van der Waals surface area (Å²) in [4.78, 5) is 0.539. The lowest BCUT2D eigenvalue weighted by atomic mass is 10.1. The van der Waals surface area contributed by atoms with Crippen LogP contribution in [0.15, 0.2) is 0 Å². The van der Waals surface area contributed by atoms with Crippen molar-refractivity contribution in [3.8, 4) is 0 Å². The Hall–Kier alpha value is -0.150. The molecular weight excluding hydrogens is 182 g/mol. The zero-order chi connectivity index (χ0) is 10.4. The second kappa shape index (κ2) is 6.33. The van der Waals surface area contributed by atoms with Gasteiger partial charge in [-0.3, -0.25) is 0 Å². The van der Waals surface area contributed by atoms with E-state index in [2.05, 4.69) is 20.8 Å². The molecule has 0 saturated carbocycles. The van der Waals surface area contributed by atoms with Crippen molar-refractivity contribution in [3.63, 3.8) is 0 Å². The standard InChI is InChI=1S/C10H21NOS/c1-7(2)5-9(4)12-6-8(3)10(11)13/h7-9H,5-6H2,1-4H3,(H2,11,13). The molecule has 0 fully saturated rings. The summed E-state index contributed by atoms with van der Waals surface area (Å²) in [5.41, 5.74) is 5.47. The molecule has 0 aromatic carbocycles. The molecular formula is C10H21NOS. The van der Waals surface area contributed by atoms with Crippen LogP contribution in [0.2, 0.25) is 0 Å². The molecule has 0 rings (SSSR count). The van der Waals surface area contributed by atoms with E-state index >= 15 is 0 Å². The van der Waals surface area contributed by atoms with Crippen molar-refractivity contribution in [2.45, 2.75) is 40.2 Å². The number of nitrogens with two attached hydrogens (primary N) is 1. The van der Waals surface area contributed by atoms with Gasteiger partial charge in [0.1, 0.15) is 0 Å². The zero-order valence-electron chi connectivity index (χ0n) is 9.04. The van der Waals surface area contributed by atoms with E-state index < -0.39 is 0 Å². The predicted octanol–water partition coefficient (Wildman–Crippen LogP) is 2.36. The number of rotatable bonds is 6. The van der Waals surface area contributed by atoms with Crippen molar-refractivity contribution in [3.05, 3.63) is 0 Å². The maximum absolute atomic E-state index is 5.61. The molecule has 0 aromatic rings. The summed E-state index contributed by atoms with van der Waals surface area (Å²) in [6.07, 6.45) is 1.39. The van der Waals surface area contributed by atoms with Gasteiger partial charge in [-0.05, 0) is 19.3 Å². The minimum absolute atomic E-state index is 0.185. The minimum Gasteiger partial charge on any atom is -0.393 e. The van der Waals surface area contributed by atoms with Crippen LogP contribution < -0.4 is 5.73 Å². The summed E-state index contributed by atoms with van der Waals surface area (Å²) in [6, 6.07) is 0. The van der Waals surface area contributed by atoms with Gasteiger partial charge < -0.3 is 10.5 Å². The topological polar surface area (TPSA) is 35.2 Å². The zero-order valence-corrected chi connectivity index (χ0v) is 9.86. The Bertz CT molecular complexity index is 159. The van der Waals surface area contributed by atoms with E-state index in [9.17, 15) is 0 Å². The van der Waals surface area contributed by atoms with E-state index in [4.69, 9.17) is 22.7 Å². The molecule has 2 atom stereocenters. The van der Waals surface area contributed by atoms with Gasteiger partial charge in [0.25, 0.3) is 0 Å². The minimum atomic E-state index is 0.185. The lowest BCUT2D eigenvalue weighted by molar-refractivity contribution is 0.0430. The molecule has 0 spiro atoms. The number of thiocarbonyl (C=S) groups is 1. The molecule has 0 heterocycles. The molecule has 0 saturated heterocycles. The quantitative estimate of drug-likeness (QED) is 0.673. The van der Waals surface area contributed by atoms with Gasteiger partial charge in [0.2, 0.25) is 0 Å². The van der Waals surface area contributed by atoms with Crippen molar-refractivity contribution in [2.75, 3.05) is 6.61 Å². The molecule has 0 aliphatic rings. The molecule has 13 heavy (non-hydrogen) atoms. The summed E-state index contributed by atoms with van der Waals surface area (Å²) >= 11 is 4.86. The first-order chi connectivity index (χ1) is 5.93. The molecule has 0 aliphatic carbocycles. The summed E-state index contributed by atoms with van der Waals surface area (Å²) in [6.45, 7) is 9.10. The van der Waals surface area contributed by atoms with Gasteiger partial charge >= 0.3 is 0 Å². The maximum Gasteiger partial charge on any atom is 0.0779 e. The van der Waals surface area contributed by atoms with Crippen LogP contribution in [0.1, 0.15) is 34.1 Å². The highest BCUT2D eigenvalue weighted by atomic mass is 32.1. The largest absolute Gasteiger partial charge is 0.393 e. The molecule has 0 amide bonds. The van der Waals surface area contributed by atoms with E-state index in [1.807, 2.05) is 6.92 Å². The Kier molecular flexibility index (Phi) is 6.25. The van der Waals surface area contributed by atoms with Crippen LogP contribution in [0.5, 0.6) is 0 Å². The Morgan fingerprint density at radius 1 is 1.31 bits per heavy atom. The fourth-order valence-electron chi connectivity index (χ4n) is 1.12. The van der Waals surface area contributed by atoms with Crippen molar-refractivity contribution in [1.82, 2.24) is 0 Å². The van der Waals surface area contributed by atoms with Crippen LogP contribution in [0.3, 0.4) is 0 Å². The summed E-state index contributed by atoms with van der Waals surface area (Å²) in [5.74, 6) is 0.861. The van der Waals surface area contributed by atoms with Gasteiger partial charge in [-0.1, -0.05) is 33.0 Å². The highest BCUT2D eigenvalue weighted by Crippen LogP contribution is 2.09. The highest BCUT2D eigenvalue weighted by molar-refractivity contribution is 7.80. The Morgan fingerprint density at radius 3 is 2.23 bits per heavy atom. The third-order valence-corrected chi connectivity index (χ3v) is 2.32. The second-order valence-electron chi connectivity index (χ2n) is 4.08. The fraction of sp³-hybridized carbons (Fsp3) is 0.900. The van der Waals surface area contributed by atoms with Crippen LogP contribution in [0.4, 0.5) is 0 Å². The maximum atomic E-state index is 5.61. The Balaban J connectivity index is 3.57. The van der Waals surface area contributed by atoms with Crippen molar-refractivity contribution < 1.29 is 4.74 Å². The van der Waals surface area contributed by atoms with Gasteiger partial charge in [0.15, 0.2) is 0 Å². The molecule has 3 heteroatoms. The molecule has 78 valence electrons. The van der Waals surface area contributed by atoms with Crippen LogP contribution in [0, 0.1) is 11.8 Å². The number of hydrogen-bond acceptors (Lipinski definition) is 2. The molecule has 2 nitrogen and oxygen atoms in total. The van der Waals surface area contributed by atoms with E-state index in [-0.39, 0.29) is 5.92 Å². The van der Waals surface area contributed by atoms with Crippen molar-refractivity contribution in [1.29, 1.82) is 0 Å². The summed E-state index contributed by atoms with van der Waals surface area (Å²) in [7, 11) is 0. The van der Waals surface area contributed by atoms with Gasteiger partial charge in [-0.15, -0.1) is 0 Å². The van der Waals surface area contributed by atoms with Crippen LogP contribution in [-0.2, 0) is 4.74 Å². The average Bonchev–Trinajstić information content (AvgIpc) is 1.98. The monoisotopic (exact) mass is 203 g/mol. The molecule has 0 aromatic heterocycles. The first-order valence-electron chi connectivity index (χ1n) is 4.84. The summed E-state index contributed by atoms with van der Waals surface area (Å²) in [5, 5.41) is 0. The van der Waals surface area contributed by atoms with Gasteiger partial charge in [-0.2, -0.15) is 0 Å². The molecule has 2 N–H and O–H groups in total. The molecule has 0 radical (unpaired) electrons. The smallest absolute Gasteiger partial charge is 0.0779 e. The second-order valence-corrected chi connectivity index (χ2v) is 4.55. The lowest BCUT2D eigenvalue weighted by Crippen LogP contribution is -2.25. The predicted molar refractivity (Wildman–Crippen MR) is 60.8 cm³/mol. The number of hydrogen-bond donors (Lipinski definition) is 1. The molecule has 0 bridgehead atoms. The van der Waals surface area contributed by atoms with E-state index in [0.29, 0.717) is 23.6 Å². The SMILES string of the molecule is CC(C)CC(C)OCC(C)C(N)=S. The first-order valence-corrected chi connectivity index (χ1v) is 5.25. The van der Waals surface area contributed by atoms with Crippen molar-refractivity contribution in [2.24, 2.45) is 17.6 Å². The Labute approximate surface area is 86.8 Å². The van der Waals surface area contributed by atoms with E-state index in [1.165, 1.54) is 0 Å². The van der Waals surface area contributed by atoms with E-state index in [0.717, 1.165) is 6.42 Å². The Morgan fingerprint density at radius 2 is 1.85 bits per heavy atom. The summed E-state index contributed by atoms with van der Waals surface area (Å²) < 4.78 is 5.61. The third-order valence-electron chi connectivity index (χ3n) is 1.92. The third kappa shape index (κ3) is 6.96. The van der Waals surface area contributed by atoms with Crippen LogP contribution in [0.25, 0.3) is 0 Å². The van der Waals surface area contributed by atoms with Crippen LogP contribution in [-0.4, -0.2) is 17.7 Å². The fourth-order valence-corrected chi connectivity index (χ4v) is 1.19. The number of ether oxygens (including phenoxy) is 1. The van der Waals surface area contributed by atoms with Gasteiger partial charge in [0, 0.05) is 5.92 Å². The van der Waals surface area contributed by atoms with Crippen LogP contribution >= 0.6 is 12.2 Å². The molecule has 0 aliphatic heterocycles. The average molecular weight is 203 g/mol. The van der Waals surface area contributed by atoms with E-state index in [1.54, 1.807) is 0 Å². The molecule has 2 unspecified atom stereocenters. The van der Waals surface area contributed by atoms with Crippen molar-refractivity contribution >= 4 is 17.2 Å². The lowest BCUT2D eigenvalue weighted by Gasteiger charge is -2.17. The first kappa shape index (κ1) is 12.8.